The maximum Gasteiger partial charge on any atom is 0.0636 e. The molecule has 10 rings (SSSR count). The summed E-state index contributed by atoms with van der Waals surface area (Å²) in [4.78, 5) is 2.56. The summed E-state index contributed by atoms with van der Waals surface area (Å²) >= 11 is 1.92. The number of anilines is 3. The van der Waals surface area contributed by atoms with Crippen molar-refractivity contribution in [3.05, 3.63) is 180 Å². The maximum atomic E-state index is 2.56. The monoisotopic (exact) mass is 699 g/mol. The normalized spacial score (nSPS) is 14.6. The molecule has 0 radical (unpaired) electrons. The van der Waals surface area contributed by atoms with Crippen molar-refractivity contribution in [2.45, 2.75) is 44.9 Å². The molecule has 2 aliphatic carbocycles. The third-order valence-corrected chi connectivity index (χ3v) is 12.7. The molecule has 0 unspecified atom stereocenters. The van der Waals surface area contributed by atoms with Gasteiger partial charge in [-0.3, -0.25) is 0 Å². The first-order valence-electron chi connectivity index (χ1n) is 19.0. The van der Waals surface area contributed by atoms with Gasteiger partial charge in [0.25, 0.3) is 0 Å². The Hall–Kier alpha value is -5.70. The Bertz CT molecular complexity index is 2660. The predicted molar refractivity (Wildman–Crippen MR) is 229 cm³/mol. The molecule has 0 saturated carbocycles. The van der Waals surface area contributed by atoms with Gasteiger partial charge < -0.3 is 4.90 Å². The van der Waals surface area contributed by atoms with Crippen LogP contribution in [-0.4, -0.2) is 0 Å². The molecular weight excluding hydrogens is 659 g/mol. The van der Waals surface area contributed by atoms with Gasteiger partial charge in [0.15, 0.2) is 0 Å². The van der Waals surface area contributed by atoms with E-state index in [0.29, 0.717) is 0 Å². The third kappa shape index (κ3) is 5.35. The van der Waals surface area contributed by atoms with Crippen molar-refractivity contribution in [2.24, 2.45) is 0 Å². The van der Waals surface area contributed by atoms with Gasteiger partial charge in [0, 0.05) is 42.5 Å². The van der Waals surface area contributed by atoms with Crippen LogP contribution in [0.15, 0.2) is 164 Å². The zero-order valence-corrected chi connectivity index (χ0v) is 31.1. The highest BCUT2D eigenvalue weighted by molar-refractivity contribution is 7.26. The molecule has 0 N–H and O–H groups in total. The van der Waals surface area contributed by atoms with Gasteiger partial charge in [0.05, 0.1) is 5.69 Å². The summed E-state index contributed by atoms with van der Waals surface area (Å²) in [5.41, 5.74) is 16.7. The minimum Gasteiger partial charge on any atom is -0.309 e. The Morgan fingerprint density at radius 1 is 0.528 bits per heavy atom. The average molecular weight is 700 g/mol. The van der Waals surface area contributed by atoms with E-state index in [1.807, 2.05) is 11.3 Å². The van der Waals surface area contributed by atoms with Crippen molar-refractivity contribution < 1.29 is 0 Å². The summed E-state index contributed by atoms with van der Waals surface area (Å²) in [6.45, 7) is 4.81. The number of hydrogen-bond donors (Lipinski definition) is 0. The lowest BCUT2D eigenvalue weighted by atomic mass is 9.82. The van der Waals surface area contributed by atoms with Crippen molar-refractivity contribution in [2.75, 3.05) is 4.90 Å². The Morgan fingerprint density at radius 2 is 1.13 bits per heavy atom. The number of thiophene rings is 1. The number of fused-ring (bicyclic) bond motifs is 6. The molecule has 256 valence electrons. The zero-order chi connectivity index (χ0) is 35.5. The number of rotatable bonds is 6. The standard InChI is InChI=1S/C51H41NS/c1-51(2)44-21-13-12-20-42(44)48-45(51)33-47-49(43-32-39(26-31-46(43)53-47)36-18-10-5-11-19-36)50(48)52(40-27-22-37(23-28-40)34-14-6-3-7-15-34)41-29-24-38(25-30-41)35-16-8-4-9-17-35/h3,5-7,10-16,18-33H,4,8-9,17H2,1-2H3. The van der Waals surface area contributed by atoms with E-state index in [1.54, 1.807) is 0 Å². The molecule has 0 bridgehead atoms. The predicted octanol–water partition coefficient (Wildman–Crippen LogP) is 15.1. The van der Waals surface area contributed by atoms with Crippen LogP contribution in [0.2, 0.25) is 0 Å². The topological polar surface area (TPSA) is 3.24 Å². The number of benzene rings is 7. The number of allylic oxidation sites excluding steroid dienone is 2. The fourth-order valence-corrected chi connectivity index (χ4v) is 10.0. The van der Waals surface area contributed by atoms with E-state index in [4.69, 9.17) is 0 Å². The van der Waals surface area contributed by atoms with Crippen LogP contribution >= 0.6 is 11.3 Å². The van der Waals surface area contributed by atoms with Gasteiger partial charge in [-0.2, -0.15) is 0 Å². The van der Waals surface area contributed by atoms with Crippen LogP contribution in [0.5, 0.6) is 0 Å². The molecule has 1 aromatic heterocycles. The first kappa shape index (κ1) is 32.0. The summed E-state index contributed by atoms with van der Waals surface area (Å²) < 4.78 is 2.64. The van der Waals surface area contributed by atoms with Gasteiger partial charge in [-0.25, -0.2) is 0 Å². The van der Waals surface area contributed by atoms with Crippen molar-refractivity contribution >= 4 is 54.1 Å². The minimum atomic E-state index is -0.139. The van der Waals surface area contributed by atoms with Gasteiger partial charge >= 0.3 is 0 Å². The zero-order valence-electron chi connectivity index (χ0n) is 30.3. The molecule has 0 aliphatic heterocycles. The molecule has 2 aliphatic rings. The van der Waals surface area contributed by atoms with Crippen LogP contribution < -0.4 is 4.90 Å². The molecule has 0 saturated heterocycles. The molecule has 1 heterocycles. The van der Waals surface area contributed by atoms with Crippen LogP contribution in [-0.2, 0) is 5.41 Å². The van der Waals surface area contributed by atoms with E-state index in [1.165, 1.54) is 106 Å². The molecule has 1 nitrogen and oxygen atoms in total. The lowest BCUT2D eigenvalue weighted by Crippen LogP contribution is -2.16. The number of nitrogens with zero attached hydrogens (tertiary/aromatic N) is 1. The summed E-state index contributed by atoms with van der Waals surface area (Å²) in [5.74, 6) is 0. The van der Waals surface area contributed by atoms with Crippen molar-refractivity contribution in [1.29, 1.82) is 0 Å². The largest absolute Gasteiger partial charge is 0.309 e. The fourth-order valence-electron chi connectivity index (χ4n) is 8.87. The van der Waals surface area contributed by atoms with E-state index in [9.17, 15) is 0 Å². The van der Waals surface area contributed by atoms with Crippen LogP contribution in [0.4, 0.5) is 17.1 Å². The van der Waals surface area contributed by atoms with Crippen molar-refractivity contribution in [3.63, 3.8) is 0 Å². The van der Waals surface area contributed by atoms with E-state index >= 15 is 0 Å². The Labute approximate surface area is 316 Å². The van der Waals surface area contributed by atoms with E-state index in [-0.39, 0.29) is 5.41 Å². The molecule has 2 heteroatoms. The van der Waals surface area contributed by atoms with Crippen molar-refractivity contribution in [3.8, 4) is 33.4 Å². The Balaban J connectivity index is 1.28. The van der Waals surface area contributed by atoms with E-state index < -0.39 is 0 Å². The third-order valence-electron chi connectivity index (χ3n) is 11.6. The van der Waals surface area contributed by atoms with Crippen LogP contribution in [0, 0.1) is 0 Å². The second-order valence-corrected chi connectivity index (χ2v) is 16.2. The maximum absolute atomic E-state index is 2.56. The van der Waals surface area contributed by atoms with E-state index in [2.05, 4.69) is 183 Å². The lowest BCUT2D eigenvalue weighted by Gasteiger charge is -2.30. The Morgan fingerprint density at radius 3 is 1.81 bits per heavy atom. The van der Waals surface area contributed by atoms with Gasteiger partial charge in [-0.1, -0.05) is 135 Å². The van der Waals surface area contributed by atoms with Crippen molar-refractivity contribution in [1.82, 2.24) is 0 Å². The highest BCUT2D eigenvalue weighted by atomic mass is 32.1. The summed E-state index contributed by atoms with van der Waals surface area (Å²) in [6.07, 6.45) is 7.35. The number of hydrogen-bond acceptors (Lipinski definition) is 2. The van der Waals surface area contributed by atoms with Gasteiger partial charge in [-0.15, -0.1) is 11.3 Å². The van der Waals surface area contributed by atoms with Crippen LogP contribution in [0.1, 0.15) is 56.2 Å². The first-order valence-corrected chi connectivity index (χ1v) is 19.8. The second kappa shape index (κ2) is 12.8. The van der Waals surface area contributed by atoms with E-state index in [0.717, 1.165) is 12.1 Å². The van der Waals surface area contributed by atoms with Crippen LogP contribution in [0.3, 0.4) is 0 Å². The second-order valence-electron chi connectivity index (χ2n) is 15.1. The van der Waals surface area contributed by atoms with Gasteiger partial charge in [0.2, 0.25) is 0 Å². The molecule has 8 aromatic rings. The minimum absolute atomic E-state index is 0.139. The molecule has 0 fully saturated rings. The lowest BCUT2D eigenvalue weighted by molar-refractivity contribution is 0.661. The molecule has 0 atom stereocenters. The summed E-state index contributed by atoms with van der Waals surface area (Å²) in [6, 6.07) is 58.8. The fraction of sp³-hybridized carbons (Fsp3) is 0.137. The smallest absolute Gasteiger partial charge is 0.0636 e. The molecule has 7 aromatic carbocycles. The summed E-state index contributed by atoms with van der Waals surface area (Å²) in [5, 5.41) is 2.63. The van der Waals surface area contributed by atoms with Crippen LogP contribution in [0.25, 0.3) is 59.1 Å². The molecular formula is C51H41NS. The Kier molecular flexibility index (Phi) is 7.70. The van der Waals surface area contributed by atoms with Gasteiger partial charge in [-0.05, 0) is 118 Å². The molecule has 53 heavy (non-hydrogen) atoms. The quantitative estimate of drug-likeness (QED) is 0.167. The summed E-state index contributed by atoms with van der Waals surface area (Å²) in [7, 11) is 0. The first-order chi connectivity index (χ1) is 26.0. The highest BCUT2D eigenvalue weighted by Gasteiger charge is 2.39. The average Bonchev–Trinajstić information content (AvgIpc) is 3.70. The van der Waals surface area contributed by atoms with Gasteiger partial charge in [0.1, 0.15) is 0 Å². The highest BCUT2D eigenvalue weighted by Crippen LogP contribution is 2.59. The molecule has 0 spiro atoms. The molecule has 0 amide bonds. The SMILES string of the molecule is CC1(C)c2ccccc2-c2c1cc1sc3ccc(-c4ccccc4)cc3c1c2N(c1ccc(C2=CCCCC2)cc1)c1ccc(-c2ccccc2)cc1.